The van der Waals surface area contributed by atoms with Crippen molar-refractivity contribution in [2.45, 2.75) is 70.9 Å². The third-order valence-corrected chi connectivity index (χ3v) is 4.39. The molecule has 2 aromatic rings. The molecule has 2 aromatic heterocycles. The molecule has 3 heterocycles. The summed E-state index contributed by atoms with van der Waals surface area (Å²) in [4.78, 5) is 22.9. The Morgan fingerprint density at radius 2 is 2.07 bits per heavy atom. The second-order valence-corrected chi connectivity index (χ2v) is 8.11. The van der Waals surface area contributed by atoms with Crippen LogP contribution >= 0.6 is 0 Å². The summed E-state index contributed by atoms with van der Waals surface area (Å²) in [6, 6.07) is 0. The van der Waals surface area contributed by atoms with Gasteiger partial charge in [0.1, 0.15) is 18.3 Å². The van der Waals surface area contributed by atoms with Gasteiger partial charge >= 0.3 is 0 Å². The first-order chi connectivity index (χ1) is 13.1. The number of methoxy groups -OCH3 is 1. The number of rotatable bonds is 6. The van der Waals surface area contributed by atoms with E-state index in [1.54, 1.807) is 11.7 Å². The number of imidazole rings is 1. The standard InChI is InChI=1S/C18H29N5O5/c1-9(2)27-12-10(7-26-18(3,4)5)28-16(13(12)25-6)23-8-20-11-14(23)21-17(19)22-15(11)24/h8-10,12-13,16H,7H2,1-6H3,(H3,19,21,22,24)/t10-,12+,13?,16-/m1/s1. The summed E-state index contributed by atoms with van der Waals surface area (Å²) in [5.74, 6) is 0.00816. The summed E-state index contributed by atoms with van der Waals surface area (Å²) < 4.78 is 25.7. The van der Waals surface area contributed by atoms with Crippen LogP contribution in [0.25, 0.3) is 11.2 Å². The van der Waals surface area contributed by atoms with E-state index in [0.29, 0.717) is 12.3 Å². The lowest BCUT2D eigenvalue weighted by Crippen LogP contribution is -2.40. The molecule has 1 aliphatic rings. The molecule has 4 atom stereocenters. The Bertz CT molecular complexity index is 871. The molecule has 0 bridgehead atoms. The molecule has 3 N–H and O–H groups in total. The first kappa shape index (κ1) is 20.7. The van der Waals surface area contributed by atoms with Crippen LogP contribution < -0.4 is 11.3 Å². The van der Waals surface area contributed by atoms with Crippen LogP contribution in [-0.4, -0.2) is 63.3 Å². The lowest BCUT2D eigenvalue weighted by atomic mass is 10.1. The second-order valence-electron chi connectivity index (χ2n) is 8.11. The van der Waals surface area contributed by atoms with E-state index in [4.69, 9.17) is 24.7 Å². The lowest BCUT2D eigenvalue weighted by molar-refractivity contribution is -0.116. The monoisotopic (exact) mass is 395 g/mol. The van der Waals surface area contributed by atoms with Crippen molar-refractivity contribution in [3.63, 3.8) is 0 Å². The molecule has 1 fully saturated rings. The van der Waals surface area contributed by atoms with Gasteiger partial charge in [-0.25, -0.2) is 4.98 Å². The molecule has 1 aliphatic heterocycles. The van der Waals surface area contributed by atoms with Crippen LogP contribution in [0.15, 0.2) is 11.1 Å². The Morgan fingerprint density at radius 3 is 2.68 bits per heavy atom. The van der Waals surface area contributed by atoms with Crippen LogP contribution in [0.2, 0.25) is 0 Å². The number of nitrogens with zero attached hydrogens (tertiary/aromatic N) is 3. The van der Waals surface area contributed by atoms with E-state index in [1.165, 1.54) is 6.33 Å². The molecule has 0 radical (unpaired) electrons. The maximum Gasteiger partial charge on any atom is 0.280 e. The summed E-state index contributed by atoms with van der Waals surface area (Å²) in [6.07, 6.45) is -0.305. The van der Waals surface area contributed by atoms with Gasteiger partial charge in [-0.15, -0.1) is 0 Å². The molecule has 28 heavy (non-hydrogen) atoms. The quantitative estimate of drug-likeness (QED) is 0.748. The zero-order chi connectivity index (χ0) is 20.6. The summed E-state index contributed by atoms with van der Waals surface area (Å²) in [7, 11) is 1.60. The first-order valence-electron chi connectivity index (χ1n) is 9.30. The first-order valence-corrected chi connectivity index (χ1v) is 9.30. The minimum atomic E-state index is -0.596. The van der Waals surface area contributed by atoms with E-state index in [1.807, 2.05) is 34.6 Å². The lowest BCUT2D eigenvalue weighted by Gasteiger charge is -2.27. The van der Waals surface area contributed by atoms with E-state index < -0.39 is 17.9 Å². The smallest absolute Gasteiger partial charge is 0.280 e. The summed E-state index contributed by atoms with van der Waals surface area (Å²) in [5, 5.41) is 0. The number of anilines is 1. The van der Waals surface area contributed by atoms with Gasteiger partial charge in [0.2, 0.25) is 5.95 Å². The molecule has 156 valence electrons. The maximum atomic E-state index is 12.1. The average molecular weight is 395 g/mol. The van der Waals surface area contributed by atoms with Crippen LogP contribution in [0.3, 0.4) is 0 Å². The van der Waals surface area contributed by atoms with Crippen molar-refractivity contribution in [3.8, 4) is 0 Å². The minimum Gasteiger partial charge on any atom is -0.374 e. The van der Waals surface area contributed by atoms with Gasteiger partial charge in [-0.05, 0) is 34.6 Å². The average Bonchev–Trinajstić information content (AvgIpc) is 3.13. The number of nitrogen functional groups attached to an aromatic ring is 1. The highest BCUT2D eigenvalue weighted by Crippen LogP contribution is 2.36. The van der Waals surface area contributed by atoms with Crippen LogP contribution in [0.1, 0.15) is 40.8 Å². The van der Waals surface area contributed by atoms with E-state index in [9.17, 15) is 4.79 Å². The maximum absolute atomic E-state index is 12.1. The number of hydrogen-bond donors (Lipinski definition) is 2. The Balaban J connectivity index is 1.97. The molecule has 3 rings (SSSR count). The van der Waals surface area contributed by atoms with Crippen molar-refractivity contribution >= 4 is 17.1 Å². The Kier molecular flexibility index (Phi) is 5.76. The van der Waals surface area contributed by atoms with Gasteiger partial charge in [-0.3, -0.25) is 14.3 Å². The zero-order valence-corrected chi connectivity index (χ0v) is 17.1. The number of hydrogen-bond acceptors (Lipinski definition) is 8. The summed E-state index contributed by atoms with van der Waals surface area (Å²) in [5.41, 5.74) is 5.49. The molecular weight excluding hydrogens is 366 g/mol. The van der Waals surface area contributed by atoms with E-state index in [2.05, 4.69) is 15.0 Å². The number of fused-ring (bicyclic) bond motifs is 1. The molecule has 0 spiro atoms. The highest BCUT2D eigenvalue weighted by Gasteiger charge is 2.48. The van der Waals surface area contributed by atoms with Gasteiger partial charge < -0.3 is 24.7 Å². The third kappa shape index (κ3) is 4.19. The van der Waals surface area contributed by atoms with Crippen LogP contribution in [0.5, 0.6) is 0 Å². The highest BCUT2D eigenvalue weighted by atomic mass is 16.6. The summed E-state index contributed by atoms with van der Waals surface area (Å²) >= 11 is 0. The van der Waals surface area contributed by atoms with E-state index in [0.717, 1.165) is 0 Å². The summed E-state index contributed by atoms with van der Waals surface area (Å²) in [6.45, 7) is 10.2. The molecule has 0 aromatic carbocycles. The Morgan fingerprint density at radius 1 is 1.36 bits per heavy atom. The van der Waals surface area contributed by atoms with Crippen LogP contribution in [-0.2, 0) is 18.9 Å². The topological polar surface area (TPSA) is 127 Å². The predicted octanol–water partition coefficient (Wildman–Crippen LogP) is 1.22. The number of nitrogens with two attached hydrogens (primary N) is 1. The van der Waals surface area contributed by atoms with Gasteiger partial charge in [0.25, 0.3) is 5.56 Å². The molecule has 0 aliphatic carbocycles. The highest BCUT2D eigenvalue weighted by molar-refractivity contribution is 5.70. The number of aromatic amines is 1. The molecule has 10 heteroatoms. The van der Waals surface area contributed by atoms with Crippen LogP contribution in [0, 0.1) is 0 Å². The predicted molar refractivity (Wildman–Crippen MR) is 103 cm³/mol. The number of aromatic nitrogens is 4. The molecule has 1 unspecified atom stereocenters. The SMILES string of the molecule is COC1[C@@H](OC(C)C)[C@@H](COC(C)(C)C)O[C@H]1n1cnc2c(=O)[nH]c(N)nc21. The number of ether oxygens (including phenoxy) is 4. The van der Waals surface area contributed by atoms with Crippen molar-refractivity contribution in [2.24, 2.45) is 0 Å². The molecular formula is C18H29N5O5. The van der Waals surface area contributed by atoms with Crippen molar-refractivity contribution < 1.29 is 18.9 Å². The van der Waals surface area contributed by atoms with Gasteiger partial charge in [0, 0.05) is 7.11 Å². The van der Waals surface area contributed by atoms with Gasteiger partial charge in [-0.1, -0.05) is 0 Å². The third-order valence-electron chi connectivity index (χ3n) is 4.39. The van der Waals surface area contributed by atoms with Gasteiger partial charge in [0.05, 0.1) is 24.6 Å². The molecule has 0 amide bonds. The van der Waals surface area contributed by atoms with Crippen molar-refractivity contribution in [3.05, 3.63) is 16.7 Å². The number of nitrogens with one attached hydrogen (secondary N) is 1. The fourth-order valence-corrected chi connectivity index (χ4v) is 3.26. The normalized spacial score (nSPS) is 25.8. The fourth-order valence-electron chi connectivity index (χ4n) is 3.26. The second kappa shape index (κ2) is 7.78. The van der Waals surface area contributed by atoms with E-state index in [-0.39, 0.29) is 35.4 Å². The van der Waals surface area contributed by atoms with Crippen molar-refractivity contribution in [1.82, 2.24) is 19.5 Å². The van der Waals surface area contributed by atoms with E-state index >= 15 is 0 Å². The van der Waals surface area contributed by atoms with Crippen molar-refractivity contribution in [1.29, 1.82) is 0 Å². The fraction of sp³-hybridized carbons (Fsp3) is 0.722. The Hall–Kier alpha value is -2.01. The number of H-pyrrole nitrogens is 1. The van der Waals surface area contributed by atoms with Crippen molar-refractivity contribution in [2.75, 3.05) is 19.5 Å². The van der Waals surface area contributed by atoms with Gasteiger partial charge in [-0.2, -0.15) is 4.98 Å². The molecule has 0 saturated carbocycles. The molecule has 1 saturated heterocycles. The van der Waals surface area contributed by atoms with Crippen LogP contribution in [0.4, 0.5) is 5.95 Å². The zero-order valence-electron chi connectivity index (χ0n) is 17.1. The largest absolute Gasteiger partial charge is 0.374 e. The molecule has 10 nitrogen and oxygen atoms in total. The Labute approximate surface area is 163 Å². The minimum absolute atomic E-state index is 0.00816. The van der Waals surface area contributed by atoms with Gasteiger partial charge in [0.15, 0.2) is 17.4 Å².